The van der Waals surface area contributed by atoms with Crippen LogP contribution in [0.3, 0.4) is 0 Å². The summed E-state index contributed by atoms with van der Waals surface area (Å²) in [5.74, 6) is 0.928. The Kier molecular flexibility index (Phi) is 5.88. The number of fused-ring (bicyclic) bond motifs is 1. The molecule has 3 aromatic rings. The predicted octanol–water partition coefficient (Wildman–Crippen LogP) is 5.26. The highest BCUT2D eigenvalue weighted by atomic mass is 19.4. The molecule has 6 nitrogen and oxygen atoms in total. The Labute approximate surface area is 188 Å². The Balaban J connectivity index is 1.48. The third-order valence-corrected chi connectivity index (χ3v) is 5.42. The number of furan rings is 1. The highest BCUT2D eigenvalue weighted by Gasteiger charge is 2.32. The first-order valence-corrected chi connectivity index (χ1v) is 10.3. The van der Waals surface area contributed by atoms with Crippen LogP contribution in [0.1, 0.15) is 27.2 Å². The lowest BCUT2D eigenvalue weighted by atomic mass is 10.0. The summed E-state index contributed by atoms with van der Waals surface area (Å²) < 4.78 is 45.0. The number of hydrogen-bond acceptors (Lipinski definition) is 3. The Bertz CT molecular complexity index is 1180. The molecule has 0 radical (unpaired) electrons. The summed E-state index contributed by atoms with van der Waals surface area (Å²) >= 11 is 0. The number of carbonyl (C=O) groups excluding carboxylic acids is 2. The molecule has 0 saturated carbocycles. The molecule has 0 fully saturated rings. The van der Waals surface area contributed by atoms with E-state index in [9.17, 15) is 22.8 Å². The smallest absolute Gasteiger partial charge is 0.416 e. The summed E-state index contributed by atoms with van der Waals surface area (Å²) in [5, 5.41) is 2.76. The number of rotatable bonds is 3. The lowest BCUT2D eigenvalue weighted by Gasteiger charge is -2.26. The van der Waals surface area contributed by atoms with Gasteiger partial charge in [-0.2, -0.15) is 13.2 Å². The van der Waals surface area contributed by atoms with Gasteiger partial charge in [0.05, 0.1) is 5.56 Å². The van der Waals surface area contributed by atoms with Gasteiger partial charge in [-0.1, -0.05) is 6.07 Å². The maximum atomic E-state index is 13.0. The van der Waals surface area contributed by atoms with Crippen molar-refractivity contribution in [2.75, 3.05) is 26.0 Å². The van der Waals surface area contributed by atoms with Crippen LogP contribution in [0, 0.1) is 0 Å². The molecule has 0 bridgehead atoms. The topological polar surface area (TPSA) is 65.8 Å². The van der Waals surface area contributed by atoms with Gasteiger partial charge in [-0.3, -0.25) is 4.79 Å². The van der Waals surface area contributed by atoms with Crippen LogP contribution in [0.4, 0.5) is 23.7 Å². The minimum Gasteiger partial charge on any atom is -0.461 e. The van der Waals surface area contributed by atoms with Gasteiger partial charge in [0.15, 0.2) is 0 Å². The average Bonchev–Trinajstić information content (AvgIpc) is 3.22. The van der Waals surface area contributed by atoms with E-state index in [2.05, 4.69) is 5.32 Å². The lowest BCUT2D eigenvalue weighted by molar-refractivity contribution is -0.137. The fraction of sp³-hybridized carbons (Fsp3) is 0.250. The first kappa shape index (κ1) is 22.4. The zero-order valence-electron chi connectivity index (χ0n) is 18.1. The van der Waals surface area contributed by atoms with Gasteiger partial charge in [-0.05, 0) is 48.5 Å². The number of carbonyl (C=O) groups is 2. The maximum absolute atomic E-state index is 13.0. The number of anilines is 1. The zero-order valence-corrected chi connectivity index (χ0v) is 18.1. The standard InChI is InChI=1S/C24H22F3N3O3/c1-29(2)23(32)28-19-8-6-15(7-9-19)21-13-17-14-30(11-10-20(17)33-21)22(31)16-4-3-5-18(12-16)24(25,26)27/h3-9,12-13H,10-11,14H2,1-2H3,(H,28,32). The molecule has 0 unspecified atom stereocenters. The van der Waals surface area contributed by atoms with Crippen molar-refractivity contribution >= 4 is 17.6 Å². The van der Waals surface area contributed by atoms with Crippen LogP contribution in [0.25, 0.3) is 11.3 Å². The molecule has 1 N–H and O–H groups in total. The summed E-state index contributed by atoms with van der Waals surface area (Å²) in [6, 6.07) is 13.2. The van der Waals surface area contributed by atoms with Crippen molar-refractivity contribution in [2.45, 2.75) is 19.1 Å². The van der Waals surface area contributed by atoms with Crippen LogP contribution in [-0.4, -0.2) is 42.4 Å². The van der Waals surface area contributed by atoms with Gasteiger partial charge in [-0.25, -0.2) is 4.79 Å². The molecular weight excluding hydrogens is 435 g/mol. The molecule has 3 amide bonds. The Morgan fingerprint density at radius 2 is 1.79 bits per heavy atom. The van der Waals surface area contributed by atoms with E-state index in [4.69, 9.17) is 4.42 Å². The van der Waals surface area contributed by atoms with Crippen LogP contribution in [0.15, 0.2) is 59.0 Å². The third-order valence-electron chi connectivity index (χ3n) is 5.42. The Hall–Kier alpha value is -3.75. The SMILES string of the molecule is CN(C)C(=O)Nc1ccc(-c2cc3c(o2)CCN(C(=O)c2cccc(C(F)(F)F)c2)C3)cc1. The maximum Gasteiger partial charge on any atom is 0.416 e. The van der Waals surface area contributed by atoms with Crippen molar-refractivity contribution in [3.63, 3.8) is 0 Å². The van der Waals surface area contributed by atoms with E-state index in [0.29, 0.717) is 24.4 Å². The first-order chi connectivity index (χ1) is 15.6. The van der Waals surface area contributed by atoms with Crippen LogP contribution in [0.5, 0.6) is 0 Å². The number of nitrogens with one attached hydrogen (secondary N) is 1. The largest absolute Gasteiger partial charge is 0.461 e. The van der Waals surface area contributed by atoms with Crippen molar-refractivity contribution in [3.8, 4) is 11.3 Å². The van der Waals surface area contributed by atoms with Gasteiger partial charge in [0, 0.05) is 56.0 Å². The zero-order chi connectivity index (χ0) is 23.8. The van der Waals surface area contributed by atoms with Gasteiger partial charge in [-0.15, -0.1) is 0 Å². The van der Waals surface area contributed by atoms with Gasteiger partial charge in [0.2, 0.25) is 0 Å². The summed E-state index contributed by atoms with van der Waals surface area (Å²) in [5.41, 5.74) is 1.44. The normalized spacial score (nSPS) is 13.4. The molecule has 1 aliphatic rings. The number of urea groups is 1. The highest BCUT2D eigenvalue weighted by molar-refractivity contribution is 5.94. The van der Waals surface area contributed by atoms with E-state index in [1.807, 2.05) is 18.2 Å². The number of hydrogen-bond donors (Lipinski definition) is 1. The van der Waals surface area contributed by atoms with Gasteiger partial charge < -0.3 is 19.5 Å². The number of benzene rings is 2. The number of amides is 3. The van der Waals surface area contributed by atoms with Crippen LogP contribution >= 0.6 is 0 Å². The fourth-order valence-corrected chi connectivity index (χ4v) is 3.61. The fourth-order valence-electron chi connectivity index (χ4n) is 3.61. The summed E-state index contributed by atoms with van der Waals surface area (Å²) in [6.07, 6.45) is -4.04. The molecule has 172 valence electrons. The van der Waals surface area contributed by atoms with E-state index in [0.717, 1.165) is 29.0 Å². The predicted molar refractivity (Wildman–Crippen MR) is 117 cm³/mol. The van der Waals surface area contributed by atoms with Crippen LogP contribution in [0.2, 0.25) is 0 Å². The second-order valence-electron chi connectivity index (χ2n) is 8.02. The molecule has 4 rings (SSSR count). The monoisotopic (exact) mass is 457 g/mol. The van der Waals surface area contributed by atoms with Crippen LogP contribution < -0.4 is 5.32 Å². The van der Waals surface area contributed by atoms with Gasteiger partial charge in [0.25, 0.3) is 5.91 Å². The number of halogens is 3. The molecule has 0 saturated heterocycles. The third kappa shape index (κ3) is 4.87. The average molecular weight is 457 g/mol. The molecule has 1 aromatic heterocycles. The Morgan fingerprint density at radius 3 is 2.45 bits per heavy atom. The lowest BCUT2D eigenvalue weighted by Crippen LogP contribution is -2.35. The quantitative estimate of drug-likeness (QED) is 0.584. The first-order valence-electron chi connectivity index (χ1n) is 10.3. The minimum absolute atomic E-state index is 0.00681. The molecule has 2 aromatic carbocycles. The second kappa shape index (κ2) is 8.65. The van der Waals surface area contributed by atoms with E-state index in [1.165, 1.54) is 21.9 Å². The molecule has 33 heavy (non-hydrogen) atoms. The molecule has 1 aliphatic heterocycles. The molecule has 9 heteroatoms. The second-order valence-corrected chi connectivity index (χ2v) is 8.02. The van der Waals surface area contributed by atoms with Crippen molar-refractivity contribution in [1.29, 1.82) is 0 Å². The Morgan fingerprint density at radius 1 is 1.06 bits per heavy atom. The number of alkyl halides is 3. The molecule has 0 aliphatic carbocycles. The van der Waals surface area contributed by atoms with Gasteiger partial charge >= 0.3 is 12.2 Å². The summed E-state index contributed by atoms with van der Waals surface area (Å²) in [4.78, 5) is 27.5. The molecule has 2 heterocycles. The van der Waals surface area contributed by atoms with E-state index in [1.54, 1.807) is 26.2 Å². The van der Waals surface area contributed by atoms with E-state index < -0.39 is 17.6 Å². The van der Waals surface area contributed by atoms with Crippen LogP contribution in [-0.2, 0) is 19.1 Å². The molecule has 0 atom stereocenters. The van der Waals surface area contributed by atoms with E-state index in [-0.39, 0.29) is 18.1 Å². The highest BCUT2D eigenvalue weighted by Crippen LogP contribution is 2.32. The van der Waals surface area contributed by atoms with Gasteiger partial charge in [0.1, 0.15) is 11.5 Å². The summed E-state index contributed by atoms with van der Waals surface area (Å²) in [7, 11) is 3.30. The van der Waals surface area contributed by atoms with Crippen molar-refractivity contribution in [3.05, 3.63) is 77.0 Å². The van der Waals surface area contributed by atoms with Crippen molar-refractivity contribution in [1.82, 2.24) is 9.80 Å². The summed E-state index contributed by atoms with van der Waals surface area (Å²) in [6.45, 7) is 0.607. The molecule has 0 spiro atoms. The molecular formula is C24H22F3N3O3. The number of nitrogens with zero attached hydrogens (tertiary/aromatic N) is 2. The van der Waals surface area contributed by atoms with Crippen molar-refractivity contribution in [2.24, 2.45) is 0 Å². The van der Waals surface area contributed by atoms with E-state index >= 15 is 0 Å². The minimum atomic E-state index is -4.50. The van der Waals surface area contributed by atoms with Crippen molar-refractivity contribution < 1.29 is 27.2 Å².